The van der Waals surface area contributed by atoms with E-state index in [1.807, 2.05) is 0 Å². The lowest BCUT2D eigenvalue weighted by atomic mass is 9.56. The second kappa shape index (κ2) is 10.2. The molecule has 1 aliphatic carbocycles. The van der Waals surface area contributed by atoms with Gasteiger partial charge in [-0.25, -0.2) is 14.4 Å². The molecule has 2 bridgehead atoms. The van der Waals surface area contributed by atoms with Crippen LogP contribution in [0.25, 0.3) is 0 Å². The summed E-state index contributed by atoms with van der Waals surface area (Å²) in [7, 11) is 2.21. The van der Waals surface area contributed by atoms with Crippen LogP contribution in [0.1, 0.15) is 48.4 Å². The van der Waals surface area contributed by atoms with Gasteiger partial charge >= 0.3 is 23.9 Å². The highest BCUT2D eigenvalue weighted by Crippen LogP contribution is 2.67. The van der Waals surface area contributed by atoms with Crippen LogP contribution in [0, 0.1) is 5.92 Å². The van der Waals surface area contributed by atoms with Gasteiger partial charge in [0.2, 0.25) is 12.5 Å². The Bertz CT molecular complexity index is 1600. The summed E-state index contributed by atoms with van der Waals surface area (Å²) in [5.41, 5.74) is -3.45. The van der Waals surface area contributed by atoms with E-state index >= 15 is 0 Å². The Balaban J connectivity index is 1.73. The molecule has 0 aromatic heterocycles. The van der Waals surface area contributed by atoms with Crippen molar-refractivity contribution in [1.29, 1.82) is 0 Å². The number of benzene rings is 2. The Morgan fingerprint density at radius 2 is 1.73 bits per heavy atom. The molecule has 2 aromatic carbocycles. The lowest BCUT2D eigenvalue weighted by Crippen LogP contribution is -2.75. The van der Waals surface area contributed by atoms with Crippen molar-refractivity contribution in [3.05, 3.63) is 64.7 Å². The van der Waals surface area contributed by atoms with Crippen molar-refractivity contribution >= 4 is 23.9 Å². The van der Waals surface area contributed by atoms with Gasteiger partial charge < -0.3 is 43.0 Å². The molecule has 1 fully saturated rings. The molecule has 6 atom stereocenters. The minimum Gasteiger partial charge on any atom is -0.488 e. The monoisotopic (exact) mass is 610 g/mol. The van der Waals surface area contributed by atoms with Gasteiger partial charge in [-0.2, -0.15) is 0 Å². The molecule has 1 saturated heterocycles. The van der Waals surface area contributed by atoms with Crippen LogP contribution in [-0.4, -0.2) is 74.1 Å². The molecule has 7 rings (SSSR count). The van der Waals surface area contributed by atoms with Crippen LogP contribution in [0.15, 0.2) is 48.0 Å². The largest absolute Gasteiger partial charge is 0.488 e. The Morgan fingerprint density at radius 3 is 2.39 bits per heavy atom. The minimum absolute atomic E-state index is 0.0553. The first kappa shape index (κ1) is 29.5. The zero-order valence-electron chi connectivity index (χ0n) is 24.5. The van der Waals surface area contributed by atoms with Gasteiger partial charge in [-0.3, -0.25) is 4.79 Å². The topological polar surface area (TPSA) is 162 Å². The quantitative estimate of drug-likeness (QED) is 0.298. The van der Waals surface area contributed by atoms with E-state index in [4.69, 9.17) is 37.9 Å². The fourth-order valence-electron chi connectivity index (χ4n) is 6.68. The molecule has 2 aromatic rings. The van der Waals surface area contributed by atoms with E-state index < -0.39 is 65.4 Å². The summed E-state index contributed by atoms with van der Waals surface area (Å²) in [6.45, 7) is 3.67. The molecule has 232 valence electrons. The second-order valence-electron chi connectivity index (χ2n) is 11.1. The lowest BCUT2D eigenvalue weighted by Gasteiger charge is -2.59. The molecule has 5 aliphatic rings. The molecule has 0 amide bonds. The van der Waals surface area contributed by atoms with E-state index in [2.05, 4.69) is 0 Å². The van der Waals surface area contributed by atoms with E-state index in [1.165, 1.54) is 26.0 Å². The highest BCUT2D eigenvalue weighted by molar-refractivity contribution is 5.91. The highest BCUT2D eigenvalue weighted by Gasteiger charge is 2.77. The molecule has 4 heterocycles. The number of esters is 4. The van der Waals surface area contributed by atoms with Gasteiger partial charge in [-0.1, -0.05) is 25.1 Å². The number of hydrogen-bond acceptors (Lipinski definition) is 13. The Kier molecular flexibility index (Phi) is 6.85. The zero-order valence-corrected chi connectivity index (χ0v) is 24.5. The van der Waals surface area contributed by atoms with Gasteiger partial charge in [-0.15, -0.1) is 0 Å². The Hall–Kier alpha value is -4.62. The number of aliphatic hydroxyl groups is 1. The van der Waals surface area contributed by atoms with Crippen LogP contribution < -0.4 is 14.2 Å². The highest BCUT2D eigenvalue weighted by atomic mass is 16.7. The van der Waals surface area contributed by atoms with Crippen molar-refractivity contribution in [1.82, 2.24) is 0 Å². The predicted octanol–water partition coefficient (Wildman–Crippen LogP) is 2.27. The first-order chi connectivity index (χ1) is 20.9. The lowest BCUT2D eigenvalue weighted by molar-refractivity contribution is -0.337. The molecule has 0 radical (unpaired) electrons. The van der Waals surface area contributed by atoms with Crippen LogP contribution in [0.5, 0.6) is 17.2 Å². The number of hydrogen-bond donors (Lipinski definition) is 1. The number of carbonyl (C=O) groups is 4. The molecular formula is C31H30O13. The van der Waals surface area contributed by atoms with Crippen molar-refractivity contribution in [3.63, 3.8) is 0 Å². The molecule has 1 spiro atoms. The Labute approximate surface area is 251 Å². The third-order valence-electron chi connectivity index (χ3n) is 8.88. The van der Waals surface area contributed by atoms with Gasteiger partial charge in [0, 0.05) is 35.6 Å². The maximum absolute atomic E-state index is 13.7. The van der Waals surface area contributed by atoms with Crippen LogP contribution in [0.3, 0.4) is 0 Å². The first-order valence-electron chi connectivity index (χ1n) is 13.8. The predicted molar refractivity (Wildman–Crippen MR) is 146 cm³/mol. The molecule has 4 aliphatic heterocycles. The van der Waals surface area contributed by atoms with Crippen molar-refractivity contribution in [2.45, 2.75) is 49.8 Å². The number of rotatable bonds is 5. The zero-order chi connectivity index (χ0) is 31.6. The van der Waals surface area contributed by atoms with Crippen LogP contribution in [0.4, 0.5) is 0 Å². The van der Waals surface area contributed by atoms with Crippen molar-refractivity contribution < 1.29 is 62.2 Å². The average molecular weight is 611 g/mol. The van der Waals surface area contributed by atoms with Crippen LogP contribution in [0.2, 0.25) is 0 Å². The van der Waals surface area contributed by atoms with Crippen molar-refractivity contribution in [2.75, 3.05) is 27.6 Å². The second-order valence-corrected chi connectivity index (χ2v) is 11.1. The van der Waals surface area contributed by atoms with E-state index in [9.17, 15) is 24.3 Å². The summed E-state index contributed by atoms with van der Waals surface area (Å²) in [4.78, 5) is 52.9. The number of fused-ring (bicyclic) bond motifs is 5. The minimum atomic E-state index is -2.87. The van der Waals surface area contributed by atoms with Gasteiger partial charge in [0.25, 0.3) is 5.79 Å². The molecule has 44 heavy (non-hydrogen) atoms. The maximum Gasteiger partial charge on any atom is 0.367 e. The van der Waals surface area contributed by atoms with E-state index in [0.29, 0.717) is 5.56 Å². The van der Waals surface area contributed by atoms with E-state index in [0.717, 1.165) is 20.3 Å². The SMILES string of the molecule is COC(=O)/C=C1/[C@@H](OC(=O)c2ccccc2)[C@@]2(C)O[C@@](O)(C(=O)OC)[C@@]13COc1c4c(cc(c13)[C@H](OC(C)=O)[C@@H]2C)OCO4. The van der Waals surface area contributed by atoms with E-state index in [1.54, 1.807) is 31.2 Å². The summed E-state index contributed by atoms with van der Waals surface area (Å²) < 4.78 is 46.0. The fourth-order valence-corrected chi connectivity index (χ4v) is 6.68. The number of carbonyl (C=O) groups excluding carboxylic acids is 4. The van der Waals surface area contributed by atoms with Gasteiger partial charge in [0.05, 0.1) is 19.8 Å². The summed E-state index contributed by atoms with van der Waals surface area (Å²) in [5, 5.41) is 12.5. The fraction of sp³-hybridized carbons (Fsp3) is 0.419. The third kappa shape index (κ3) is 3.92. The molecular weight excluding hydrogens is 580 g/mol. The average Bonchev–Trinajstić information content (AvgIpc) is 3.65. The molecule has 0 saturated carbocycles. The summed E-state index contributed by atoms with van der Waals surface area (Å²) in [6.07, 6.45) is -1.54. The van der Waals surface area contributed by atoms with Crippen LogP contribution in [-0.2, 0) is 43.5 Å². The van der Waals surface area contributed by atoms with Crippen molar-refractivity contribution in [2.24, 2.45) is 5.92 Å². The third-order valence-corrected chi connectivity index (χ3v) is 8.88. The first-order valence-corrected chi connectivity index (χ1v) is 13.8. The molecule has 13 nitrogen and oxygen atoms in total. The van der Waals surface area contributed by atoms with E-state index in [-0.39, 0.29) is 40.7 Å². The van der Waals surface area contributed by atoms with Gasteiger partial charge in [-0.05, 0) is 25.1 Å². The normalized spacial score (nSPS) is 31.7. The van der Waals surface area contributed by atoms with Gasteiger partial charge in [0.1, 0.15) is 23.7 Å². The molecule has 1 N–H and O–H groups in total. The summed E-state index contributed by atoms with van der Waals surface area (Å²) in [6, 6.07) is 9.67. The molecule has 13 heteroatoms. The standard InChI is InChI=1S/C31H30O13/c1-15-23(42-16(2)32)18-11-20-24(41-14-40-20)25-22(18)30(13-39-25)19(12-21(33)37-4)26(43-27(34)17-9-7-6-8-10-17)29(15,3)44-31(30,36)28(35)38-5/h6-12,15,23,26,36H,13-14H2,1-5H3/b19-12-/t15-,23+,26+,29-,30-,31-/m0/s1. The van der Waals surface area contributed by atoms with Crippen LogP contribution >= 0.6 is 0 Å². The molecule has 0 unspecified atom stereocenters. The summed E-state index contributed by atoms with van der Waals surface area (Å²) in [5.74, 6) is -6.88. The van der Waals surface area contributed by atoms with Gasteiger partial charge in [0.15, 0.2) is 17.6 Å². The number of methoxy groups -OCH3 is 2. The van der Waals surface area contributed by atoms with Crippen molar-refractivity contribution in [3.8, 4) is 17.2 Å². The summed E-state index contributed by atoms with van der Waals surface area (Å²) >= 11 is 0. The Morgan fingerprint density at radius 1 is 1.00 bits per heavy atom. The maximum atomic E-state index is 13.7. The smallest absolute Gasteiger partial charge is 0.367 e. The number of ether oxygens (including phenoxy) is 8.